The Bertz CT molecular complexity index is 773. The van der Waals surface area contributed by atoms with Crippen LogP contribution in [0.4, 0.5) is 4.79 Å². The molecule has 1 fully saturated rings. The molecule has 0 bridgehead atoms. The molecule has 0 saturated carbocycles. The van der Waals surface area contributed by atoms with Gasteiger partial charge in [0.05, 0.1) is 6.54 Å². The van der Waals surface area contributed by atoms with Crippen LogP contribution in [-0.4, -0.2) is 46.1 Å². The Morgan fingerprint density at radius 2 is 2.16 bits per heavy atom. The lowest BCUT2D eigenvalue weighted by molar-refractivity contribution is -0.119. The Kier molecular flexibility index (Phi) is 4.97. The summed E-state index contributed by atoms with van der Waals surface area (Å²) in [6.07, 6.45) is 0.755. The molecule has 3 rings (SSSR count). The SMILES string of the molecule is CC(=O)N[C@@H]1CCN(C(=O)NCc2nc(-c3ccccc3C)no2)C1. The van der Waals surface area contributed by atoms with Gasteiger partial charge >= 0.3 is 6.03 Å². The molecule has 132 valence electrons. The third kappa shape index (κ3) is 4.14. The van der Waals surface area contributed by atoms with Gasteiger partial charge in [0.1, 0.15) is 0 Å². The van der Waals surface area contributed by atoms with E-state index >= 15 is 0 Å². The molecule has 0 radical (unpaired) electrons. The number of likely N-dealkylation sites (tertiary alicyclic amines) is 1. The molecular weight excluding hydrogens is 322 g/mol. The number of carbonyl (C=O) groups excluding carboxylic acids is 2. The minimum Gasteiger partial charge on any atom is -0.352 e. The van der Waals surface area contributed by atoms with E-state index in [2.05, 4.69) is 20.8 Å². The average molecular weight is 343 g/mol. The Balaban J connectivity index is 1.53. The molecule has 3 amide bonds. The molecule has 1 aromatic carbocycles. The normalized spacial score (nSPS) is 16.7. The standard InChI is InChI=1S/C17H21N5O3/c1-11-5-3-4-6-14(11)16-20-15(25-21-16)9-18-17(24)22-8-7-13(10-22)19-12(2)23/h3-6,13H,7-10H2,1-2H3,(H,18,24)(H,19,23)/t13-/m1/s1. The molecule has 25 heavy (non-hydrogen) atoms. The van der Waals surface area contributed by atoms with Crippen molar-refractivity contribution in [2.24, 2.45) is 0 Å². The number of aryl methyl sites for hydroxylation is 1. The number of nitrogens with zero attached hydrogens (tertiary/aromatic N) is 3. The van der Waals surface area contributed by atoms with Crippen LogP contribution in [0.15, 0.2) is 28.8 Å². The van der Waals surface area contributed by atoms with E-state index in [4.69, 9.17) is 4.52 Å². The van der Waals surface area contributed by atoms with E-state index in [1.807, 2.05) is 31.2 Å². The lowest BCUT2D eigenvalue weighted by Crippen LogP contribution is -2.41. The van der Waals surface area contributed by atoms with E-state index in [0.717, 1.165) is 17.5 Å². The van der Waals surface area contributed by atoms with Crippen LogP contribution >= 0.6 is 0 Å². The van der Waals surface area contributed by atoms with E-state index < -0.39 is 0 Å². The Morgan fingerprint density at radius 3 is 2.92 bits per heavy atom. The molecule has 2 N–H and O–H groups in total. The van der Waals surface area contributed by atoms with Gasteiger partial charge < -0.3 is 20.1 Å². The van der Waals surface area contributed by atoms with Crippen LogP contribution in [0.1, 0.15) is 24.8 Å². The van der Waals surface area contributed by atoms with Gasteiger partial charge in [0.25, 0.3) is 0 Å². The second kappa shape index (κ2) is 7.33. The van der Waals surface area contributed by atoms with E-state index in [0.29, 0.717) is 24.8 Å². The molecule has 1 aliphatic heterocycles. The number of urea groups is 1. The van der Waals surface area contributed by atoms with Crippen molar-refractivity contribution < 1.29 is 14.1 Å². The van der Waals surface area contributed by atoms with Gasteiger partial charge in [-0.1, -0.05) is 29.4 Å². The van der Waals surface area contributed by atoms with Crippen molar-refractivity contribution in [1.82, 2.24) is 25.7 Å². The zero-order chi connectivity index (χ0) is 17.8. The molecule has 2 aromatic rings. The topological polar surface area (TPSA) is 100 Å². The van der Waals surface area contributed by atoms with Crippen LogP contribution in [0.2, 0.25) is 0 Å². The summed E-state index contributed by atoms with van der Waals surface area (Å²) in [4.78, 5) is 29.3. The van der Waals surface area contributed by atoms with Gasteiger partial charge in [-0.25, -0.2) is 4.79 Å². The number of rotatable bonds is 4. The first kappa shape index (κ1) is 16.9. The van der Waals surface area contributed by atoms with Gasteiger partial charge in [0.2, 0.25) is 17.6 Å². The molecule has 0 aliphatic carbocycles. The molecule has 1 atom stereocenters. The molecule has 8 nitrogen and oxygen atoms in total. The number of hydrogen-bond donors (Lipinski definition) is 2. The summed E-state index contributed by atoms with van der Waals surface area (Å²) in [6.45, 7) is 4.73. The van der Waals surface area contributed by atoms with Crippen molar-refractivity contribution in [3.63, 3.8) is 0 Å². The predicted molar refractivity (Wildman–Crippen MR) is 90.5 cm³/mol. The zero-order valence-corrected chi connectivity index (χ0v) is 14.3. The van der Waals surface area contributed by atoms with Gasteiger partial charge in [0.15, 0.2) is 0 Å². The lowest BCUT2D eigenvalue weighted by Gasteiger charge is -2.16. The average Bonchev–Trinajstić information content (AvgIpc) is 3.22. The first-order valence-corrected chi connectivity index (χ1v) is 8.21. The maximum atomic E-state index is 12.2. The van der Waals surface area contributed by atoms with Crippen LogP contribution in [-0.2, 0) is 11.3 Å². The number of nitrogens with one attached hydrogen (secondary N) is 2. The van der Waals surface area contributed by atoms with Crippen molar-refractivity contribution in [1.29, 1.82) is 0 Å². The number of hydrogen-bond acceptors (Lipinski definition) is 5. The van der Waals surface area contributed by atoms with Crippen LogP contribution in [0, 0.1) is 6.92 Å². The predicted octanol–water partition coefficient (Wildman–Crippen LogP) is 1.47. The maximum absolute atomic E-state index is 12.2. The highest BCUT2D eigenvalue weighted by atomic mass is 16.5. The highest BCUT2D eigenvalue weighted by Gasteiger charge is 2.26. The molecule has 2 heterocycles. The van der Waals surface area contributed by atoms with Crippen molar-refractivity contribution >= 4 is 11.9 Å². The fourth-order valence-electron chi connectivity index (χ4n) is 2.87. The molecule has 1 saturated heterocycles. The van der Waals surface area contributed by atoms with Crippen LogP contribution in [0.25, 0.3) is 11.4 Å². The third-order valence-corrected chi connectivity index (χ3v) is 4.13. The van der Waals surface area contributed by atoms with E-state index in [1.54, 1.807) is 4.90 Å². The summed E-state index contributed by atoms with van der Waals surface area (Å²) in [7, 11) is 0. The molecular formula is C17H21N5O3. The first-order chi connectivity index (χ1) is 12.0. The summed E-state index contributed by atoms with van der Waals surface area (Å²) in [6, 6.07) is 7.58. The minimum absolute atomic E-state index is 0.0133. The van der Waals surface area contributed by atoms with E-state index in [9.17, 15) is 9.59 Å². The Hall–Kier alpha value is -2.90. The van der Waals surface area contributed by atoms with Crippen molar-refractivity contribution in [3.05, 3.63) is 35.7 Å². The fraction of sp³-hybridized carbons (Fsp3) is 0.412. The second-order valence-corrected chi connectivity index (χ2v) is 6.12. The van der Waals surface area contributed by atoms with Gasteiger partial charge in [-0.05, 0) is 18.9 Å². The fourth-order valence-corrected chi connectivity index (χ4v) is 2.87. The summed E-state index contributed by atoms with van der Waals surface area (Å²) in [5, 5.41) is 9.57. The van der Waals surface area contributed by atoms with Gasteiger partial charge in [-0.3, -0.25) is 4.79 Å². The van der Waals surface area contributed by atoms with Crippen LogP contribution in [0.5, 0.6) is 0 Å². The summed E-state index contributed by atoms with van der Waals surface area (Å²) >= 11 is 0. The Morgan fingerprint density at radius 1 is 1.36 bits per heavy atom. The van der Waals surface area contributed by atoms with Gasteiger partial charge in [0, 0.05) is 31.6 Å². The largest absolute Gasteiger partial charge is 0.352 e. The number of amides is 3. The third-order valence-electron chi connectivity index (χ3n) is 4.13. The van der Waals surface area contributed by atoms with Crippen molar-refractivity contribution in [3.8, 4) is 11.4 Å². The second-order valence-electron chi connectivity index (χ2n) is 6.12. The molecule has 8 heteroatoms. The highest BCUT2D eigenvalue weighted by Crippen LogP contribution is 2.19. The van der Waals surface area contributed by atoms with Gasteiger partial charge in [-0.2, -0.15) is 4.98 Å². The molecule has 1 aliphatic rings. The number of carbonyl (C=O) groups is 2. The smallest absolute Gasteiger partial charge is 0.317 e. The summed E-state index contributed by atoms with van der Waals surface area (Å²) in [5.41, 5.74) is 1.96. The van der Waals surface area contributed by atoms with Gasteiger partial charge in [-0.15, -0.1) is 0 Å². The maximum Gasteiger partial charge on any atom is 0.317 e. The molecule has 1 aromatic heterocycles. The van der Waals surface area contributed by atoms with Crippen LogP contribution in [0.3, 0.4) is 0 Å². The molecule has 0 spiro atoms. The Labute approximate surface area is 145 Å². The summed E-state index contributed by atoms with van der Waals surface area (Å²) < 4.78 is 5.21. The minimum atomic E-state index is -0.205. The number of aromatic nitrogens is 2. The summed E-state index contributed by atoms with van der Waals surface area (Å²) in [5.74, 6) is 0.778. The van der Waals surface area contributed by atoms with Crippen LogP contribution < -0.4 is 10.6 Å². The van der Waals surface area contributed by atoms with E-state index in [1.165, 1.54) is 6.92 Å². The number of benzene rings is 1. The first-order valence-electron chi connectivity index (χ1n) is 8.21. The van der Waals surface area contributed by atoms with Crippen molar-refractivity contribution in [2.75, 3.05) is 13.1 Å². The quantitative estimate of drug-likeness (QED) is 0.875. The highest BCUT2D eigenvalue weighted by molar-refractivity contribution is 5.75. The molecule has 0 unspecified atom stereocenters. The lowest BCUT2D eigenvalue weighted by atomic mass is 10.1. The van der Waals surface area contributed by atoms with E-state index in [-0.39, 0.29) is 24.5 Å². The van der Waals surface area contributed by atoms with Crippen molar-refractivity contribution in [2.45, 2.75) is 32.9 Å². The monoisotopic (exact) mass is 343 g/mol. The zero-order valence-electron chi connectivity index (χ0n) is 14.3.